The van der Waals surface area contributed by atoms with Gasteiger partial charge in [0, 0.05) is 0 Å². The van der Waals surface area contributed by atoms with Crippen LogP contribution in [0.3, 0.4) is 0 Å². The van der Waals surface area contributed by atoms with Crippen molar-refractivity contribution in [1.29, 1.82) is 0 Å². The van der Waals surface area contributed by atoms with Crippen molar-refractivity contribution in [2.24, 2.45) is 11.5 Å². The van der Waals surface area contributed by atoms with Gasteiger partial charge in [0.25, 0.3) is 0 Å². The quantitative estimate of drug-likeness (QED) is 0.281. The number of carboxylic acid groups (broad SMARTS) is 1. The Kier molecular flexibility index (Phi) is 4.88. The Morgan fingerprint density at radius 2 is 2.10 bits per heavy atom. The Balaban J connectivity index is 3.21. The summed E-state index contributed by atoms with van der Waals surface area (Å²) in [6, 6.07) is -0.716. The Morgan fingerprint density at radius 3 is 2.50 bits per heavy atom. The minimum atomic E-state index is -0.933. The molecule has 0 aliphatic carbocycles. The van der Waals surface area contributed by atoms with Crippen LogP contribution in [0.15, 0.2) is 0 Å². The molecule has 60 valence electrons. The van der Waals surface area contributed by atoms with Gasteiger partial charge in [-0.1, -0.05) is 6.42 Å². The summed E-state index contributed by atoms with van der Waals surface area (Å²) in [5.41, 5.74) is 10.4. The largest absolute Gasteiger partial charge is 0.480 e. The molecular weight excluding hydrogens is 137 g/mol. The van der Waals surface area contributed by atoms with E-state index in [1.165, 1.54) is 0 Å². The molecule has 0 fully saturated rings. The molecule has 0 aliphatic rings. The molecule has 0 aliphatic heterocycles. The van der Waals surface area contributed by atoms with Gasteiger partial charge in [-0.3, -0.25) is 4.79 Å². The fourth-order valence-corrected chi connectivity index (χ4v) is 0.632. The molecule has 0 bridgehead atoms. The summed E-state index contributed by atoms with van der Waals surface area (Å²) < 4.78 is 0. The molecular formula is C6H14N2O2. The van der Waals surface area contributed by atoms with Crippen LogP contribution in [-0.2, 0) is 4.79 Å². The van der Waals surface area contributed by atoms with Crippen LogP contribution in [0.4, 0.5) is 0 Å². The molecule has 0 aromatic heterocycles. The molecule has 1 unspecified atom stereocenters. The standard InChI is InChI=1S/C6H14N2O2/c7-4-2-1-3-5(8)6(9)10/h5H,1-4,7-8H2,(H,9,10)/i1+1,2+1,3+1,4+1,7+1. The number of unbranched alkanes of at least 4 members (excludes halogenated alkanes) is 1. The van der Waals surface area contributed by atoms with Gasteiger partial charge in [-0.05, 0) is 19.4 Å². The highest BCUT2D eigenvalue weighted by molar-refractivity contribution is 5.72. The molecule has 1 atom stereocenters. The van der Waals surface area contributed by atoms with E-state index in [0.29, 0.717) is 13.0 Å². The highest BCUT2D eigenvalue weighted by Gasteiger charge is 2.09. The van der Waals surface area contributed by atoms with Crippen LogP contribution in [0.2, 0.25) is 0 Å². The number of rotatable bonds is 5. The first-order valence-corrected chi connectivity index (χ1v) is 3.37. The number of carboxylic acids is 1. The van der Waals surface area contributed by atoms with E-state index in [4.69, 9.17) is 16.6 Å². The fourth-order valence-electron chi connectivity index (χ4n) is 0.632. The predicted molar refractivity (Wildman–Crippen MR) is 38.5 cm³/mol. The van der Waals surface area contributed by atoms with Gasteiger partial charge in [0.05, 0.1) is 0 Å². The molecule has 5 N–H and O–H groups in total. The van der Waals surface area contributed by atoms with Crippen molar-refractivity contribution < 1.29 is 9.90 Å². The molecule has 4 nitrogen and oxygen atoms in total. The van der Waals surface area contributed by atoms with Crippen LogP contribution in [0.25, 0.3) is 0 Å². The Hall–Kier alpha value is -0.610. The zero-order valence-corrected chi connectivity index (χ0v) is 5.92. The van der Waals surface area contributed by atoms with Gasteiger partial charge in [0.2, 0.25) is 0 Å². The number of hydrogen-bond donors (Lipinski definition) is 3. The third-order valence-corrected chi connectivity index (χ3v) is 1.29. The lowest BCUT2D eigenvalue weighted by Crippen LogP contribution is -2.29. The van der Waals surface area contributed by atoms with E-state index in [1.54, 1.807) is 0 Å². The third kappa shape index (κ3) is 4.29. The zero-order valence-electron chi connectivity index (χ0n) is 5.92. The molecule has 0 aromatic carbocycles. The van der Waals surface area contributed by atoms with Crippen LogP contribution >= 0.6 is 0 Å². The van der Waals surface area contributed by atoms with E-state index in [-0.39, 0.29) is 0 Å². The summed E-state index contributed by atoms with van der Waals surface area (Å²) in [4.78, 5) is 10.1. The average molecular weight is 151 g/mol. The van der Waals surface area contributed by atoms with Gasteiger partial charge < -0.3 is 16.6 Å². The maximum absolute atomic E-state index is 10.1. The van der Waals surface area contributed by atoms with E-state index in [0.717, 1.165) is 12.8 Å². The van der Waals surface area contributed by atoms with Crippen LogP contribution < -0.4 is 11.5 Å². The monoisotopic (exact) mass is 151 g/mol. The fraction of sp³-hybridized carbons (Fsp3) is 0.833. The minimum Gasteiger partial charge on any atom is -0.480 e. The lowest BCUT2D eigenvalue weighted by molar-refractivity contribution is -0.138. The Labute approximate surface area is 60.2 Å². The topological polar surface area (TPSA) is 89.3 Å². The average Bonchev–Trinajstić information content (AvgIpc) is 1.88. The molecule has 0 rings (SSSR count). The van der Waals surface area contributed by atoms with E-state index in [2.05, 4.69) is 0 Å². The predicted octanol–water partition coefficient (Wildman–Crippen LogP) is -0.473. The lowest BCUT2D eigenvalue weighted by Gasteiger charge is -2.03. The number of aliphatic carboxylic acids is 1. The first kappa shape index (κ1) is 9.39. The Morgan fingerprint density at radius 1 is 1.50 bits per heavy atom. The SMILES string of the molecule is NC([13CH2][13CH2][13CH2][13CH2][15NH2])C(=O)O. The summed E-state index contributed by atoms with van der Waals surface area (Å²) in [7, 11) is 0. The summed E-state index contributed by atoms with van der Waals surface area (Å²) in [6.07, 6.45) is 2.16. The lowest BCUT2D eigenvalue weighted by atomic mass is 10.5. The molecule has 4 heteroatoms. The molecule has 0 saturated carbocycles. The number of hydrogen-bond acceptors (Lipinski definition) is 3. The van der Waals surface area contributed by atoms with Crippen LogP contribution in [0.1, 0.15) is 19.3 Å². The van der Waals surface area contributed by atoms with Crippen molar-refractivity contribution in [3.63, 3.8) is 0 Å². The maximum Gasteiger partial charge on any atom is 0.320 e. The van der Waals surface area contributed by atoms with Crippen LogP contribution in [-0.4, -0.2) is 23.7 Å². The van der Waals surface area contributed by atoms with Crippen molar-refractivity contribution in [1.82, 2.24) is 0 Å². The summed E-state index contributed by atoms with van der Waals surface area (Å²) in [5, 5.41) is 8.33. The molecule has 0 radical (unpaired) electrons. The highest BCUT2D eigenvalue weighted by Crippen LogP contribution is 1.96. The first-order valence-electron chi connectivity index (χ1n) is 3.37. The molecule has 0 aromatic rings. The van der Waals surface area contributed by atoms with Crippen molar-refractivity contribution in [3.8, 4) is 0 Å². The second-order valence-corrected chi connectivity index (χ2v) is 2.23. The highest BCUT2D eigenvalue weighted by atomic mass is 16.4. The van der Waals surface area contributed by atoms with Gasteiger partial charge in [-0.25, -0.2) is 0 Å². The second kappa shape index (κ2) is 5.20. The molecule has 0 amide bonds. The number of carbonyl (C=O) groups is 1. The number of nitrogens with two attached hydrogens (primary N) is 2. The summed E-state index contributed by atoms with van der Waals surface area (Å²) in [6.45, 7) is 0.604. The van der Waals surface area contributed by atoms with Crippen LogP contribution in [0, 0.1) is 0 Å². The second-order valence-electron chi connectivity index (χ2n) is 2.23. The molecule has 10 heavy (non-hydrogen) atoms. The zero-order chi connectivity index (χ0) is 7.98. The van der Waals surface area contributed by atoms with E-state index >= 15 is 0 Å². The summed E-state index contributed by atoms with van der Waals surface area (Å²) in [5.74, 6) is -0.933. The normalized spacial score (nSPS) is 13.0. The van der Waals surface area contributed by atoms with E-state index < -0.39 is 12.0 Å². The maximum atomic E-state index is 10.1. The molecule has 0 saturated heterocycles. The van der Waals surface area contributed by atoms with Crippen molar-refractivity contribution >= 4 is 5.97 Å². The molecule has 0 spiro atoms. The third-order valence-electron chi connectivity index (χ3n) is 1.29. The smallest absolute Gasteiger partial charge is 0.320 e. The van der Waals surface area contributed by atoms with E-state index in [9.17, 15) is 4.79 Å². The van der Waals surface area contributed by atoms with E-state index in [1.807, 2.05) is 0 Å². The van der Waals surface area contributed by atoms with Gasteiger partial charge in [-0.2, -0.15) is 0 Å². The Bertz CT molecular complexity index is 106. The van der Waals surface area contributed by atoms with Crippen molar-refractivity contribution in [2.75, 3.05) is 6.54 Å². The van der Waals surface area contributed by atoms with Gasteiger partial charge in [0.15, 0.2) is 0 Å². The first-order chi connectivity index (χ1) is 4.68. The van der Waals surface area contributed by atoms with Gasteiger partial charge >= 0.3 is 5.97 Å². The summed E-state index contributed by atoms with van der Waals surface area (Å²) >= 11 is 0. The van der Waals surface area contributed by atoms with Crippen molar-refractivity contribution in [3.05, 3.63) is 0 Å². The van der Waals surface area contributed by atoms with Crippen molar-refractivity contribution in [2.45, 2.75) is 25.3 Å². The molecule has 0 heterocycles. The van der Waals surface area contributed by atoms with Crippen LogP contribution in [0.5, 0.6) is 0 Å². The minimum absolute atomic E-state index is 0.520. The van der Waals surface area contributed by atoms with Gasteiger partial charge in [0.1, 0.15) is 6.04 Å². The van der Waals surface area contributed by atoms with Gasteiger partial charge in [-0.15, -0.1) is 0 Å².